The number of aromatic hydroxyl groups is 1. The van der Waals surface area contributed by atoms with E-state index in [2.05, 4.69) is 5.32 Å². The number of rotatable bonds is 5. The molecular weight excluding hydrogens is 514 g/mol. The Balaban J connectivity index is 1.64. The van der Waals surface area contributed by atoms with Crippen molar-refractivity contribution < 1.29 is 28.2 Å². The lowest BCUT2D eigenvalue weighted by Gasteiger charge is -2.37. The summed E-state index contributed by atoms with van der Waals surface area (Å²) in [7, 11) is 0. The predicted molar refractivity (Wildman–Crippen MR) is 149 cm³/mol. The predicted octanol–water partition coefficient (Wildman–Crippen LogP) is 7.05. The first-order valence-electron chi connectivity index (χ1n) is 13.3. The van der Waals surface area contributed by atoms with Gasteiger partial charge in [-0.1, -0.05) is 45.9 Å². The fourth-order valence-electron chi connectivity index (χ4n) is 5.43. The number of phenols is 1. The number of para-hydroxylation sites is 1. The Bertz CT molecular complexity index is 1510. The van der Waals surface area contributed by atoms with Crippen LogP contribution in [0.15, 0.2) is 71.9 Å². The minimum atomic E-state index is -1.06. The zero-order valence-corrected chi connectivity index (χ0v) is 22.9. The number of ketones is 1. The summed E-state index contributed by atoms with van der Waals surface area (Å²) in [6, 6.07) is 13.9. The first-order chi connectivity index (χ1) is 18.9. The lowest BCUT2D eigenvalue weighted by atomic mass is 9.73. The number of anilines is 2. The van der Waals surface area contributed by atoms with Crippen LogP contribution >= 0.6 is 0 Å². The van der Waals surface area contributed by atoms with Crippen molar-refractivity contribution in [3.8, 4) is 11.5 Å². The molecule has 0 saturated heterocycles. The van der Waals surface area contributed by atoms with Gasteiger partial charge in [0, 0.05) is 35.2 Å². The summed E-state index contributed by atoms with van der Waals surface area (Å²) in [4.78, 5) is 29.0. The fourth-order valence-corrected chi connectivity index (χ4v) is 5.43. The van der Waals surface area contributed by atoms with Gasteiger partial charge in [0.05, 0.1) is 11.7 Å². The molecule has 0 radical (unpaired) electrons. The standard InChI is InChI=1S/C32H32F2N2O4/c1-18(2)31(39)36-25-6-5-7-26(37)29(25)35-24-15-32(3,4)16-27(38)28(24)30(36)22-13-12-21(14-23(22)34)40-17-19-8-10-20(33)11-9-19/h5-14,18,30,35,37H,15-17H2,1-4H3. The van der Waals surface area contributed by atoms with Gasteiger partial charge in [0.15, 0.2) is 5.78 Å². The lowest BCUT2D eigenvalue weighted by Crippen LogP contribution is -2.41. The van der Waals surface area contributed by atoms with Gasteiger partial charge in [0.25, 0.3) is 0 Å². The maximum atomic E-state index is 16.0. The molecule has 8 heteroatoms. The molecule has 0 bridgehead atoms. The van der Waals surface area contributed by atoms with Crippen LogP contribution in [0.5, 0.6) is 11.5 Å². The molecule has 2 N–H and O–H groups in total. The Hall–Kier alpha value is -4.20. The summed E-state index contributed by atoms with van der Waals surface area (Å²) in [5, 5.41) is 14.1. The van der Waals surface area contributed by atoms with E-state index in [9.17, 15) is 19.1 Å². The molecule has 1 atom stereocenters. The number of hydrogen-bond donors (Lipinski definition) is 2. The van der Waals surface area contributed by atoms with Crippen LogP contribution in [0.1, 0.15) is 57.7 Å². The second-order valence-corrected chi connectivity index (χ2v) is 11.5. The van der Waals surface area contributed by atoms with Crippen LogP contribution in [-0.2, 0) is 16.2 Å². The Morgan fingerprint density at radius 2 is 1.82 bits per heavy atom. The van der Waals surface area contributed by atoms with E-state index >= 15 is 4.39 Å². The van der Waals surface area contributed by atoms with E-state index in [0.717, 1.165) is 5.56 Å². The van der Waals surface area contributed by atoms with Crippen molar-refractivity contribution in [1.82, 2.24) is 0 Å². The van der Waals surface area contributed by atoms with Gasteiger partial charge in [-0.15, -0.1) is 0 Å². The van der Waals surface area contributed by atoms with Crippen LogP contribution in [0.25, 0.3) is 0 Å². The molecule has 1 unspecified atom stereocenters. The highest BCUT2D eigenvalue weighted by atomic mass is 19.1. The van der Waals surface area contributed by atoms with Gasteiger partial charge in [-0.2, -0.15) is 0 Å². The normalized spacial score (nSPS) is 18.1. The third kappa shape index (κ3) is 5.18. The van der Waals surface area contributed by atoms with Gasteiger partial charge in [-0.3, -0.25) is 14.5 Å². The number of amides is 1. The van der Waals surface area contributed by atoms with E-state index in [1.807, 2.05) is 13.8 Å². The second-order valence-electron chi connectivity index (χ2n) is 11.5. The Kier molecular flexibility index (Phi) is 7.12. The van der Waals surface area contributed by atoms with Crippen molar-refractivity contribution in [2.75, 3.05) is 10.2 Å². The van der Waals surface area contributed by atoms with Gasteiger partial charge in [-0.05, 0) is 53.8 Å². The van der Waals surface area contributed by atoms with Crippen molar-refractivity contribution in [2.45, 2.75) is 53.2 Å². The van der Waals surface area contributed by atoms with Crippen molar-refractivity contribution in [3.63, 3.8) is 0 Å². The number of carbonyl (C=O) groups excluding carboxylic acids is 2. The molecule has 0 fully saturated rings. The third-order valence-corrected chi connectivity index (χ3v) is 7.32. The molecule has 1 heterocycles. The maximum absolute atomic E-state index is 16.0. The van der Waals surface area contributed by atoms with Crippen LogP contribution in [0.4, 0.5) is 20.2 Å². The minimum absolute atomic E-state index is 0.0765. The topological polar surface area (TPSA) is 78.9 Å². The van der Waals surface area contributed by atoms with Gasteiger partial charge in [0.2, 0.25) is 5.91 Å². The fraction of sp³-hybridized carbons (Fsp3) is 0.312. The average molecular weight is 547 g/mol. The van der Waals surface area contributed by atoms with Crippen LogP contribution in [0.3, 0.4) is 0 Å². The Labute approximate surface area is 232 Å². The number of fused-ring (bicyclic) bond motifs is 1. The van der Waals surface area contributed by atoms with E-state index in [-0.39, 0.29) is 53.0 Å². The number of allylic oxidation sites excluding steroid dienone is 1. The highest BCUT2D eigenvalue weighted by Gasteiger charge is 2.44. The summed E-state index contributed by atoms with van der Waals surface area (Å²) in [6.07, 6.45) is 0.707. The van der Waals surface area contributed by atoms with Crippen molar-refractivity contribution >= 4 is 23.1 Å². The summed E-state index contributed by atoms with van der Waals surface area (Å²) in [5.41, 5.74) is 2.02. The summed E-state index contributed by atoms with van der Waals surface area (Å²) >= 11 is 0. The molecule has 40 heavy (non-hydrogen) atoms. The molecule has 5 rings (SSSR count). The molecule has 6 nitrogen and oxygen atoms in total. The number of hydrogen-bond acceptors (Lipinski definition) is 5. The van der Waals surface area contributed by atoms with Gasteiger partial charge < -0.3 is 15.2 Å². The number of Topliss-reactive ketones (excluding diaryl/α,β-unsaturated/α-hetero) is 1. The van der Waals surface area contributed by atoms with Crippen LogP contribution in [0.2, 0.25) is 0 Å². The van der Waals surface area contributed by atoms with E-state index < -0.39 is 17.8 Å². The number of nitrogens with one attached hydrogen (secondary N) is 1. The quantitative estimate of drug-likeness (QED) is 0.336. The first kappa shape index (κ1) is 27.4. The molecule has 1 amide bonds. The molecule has 0 saturated carbocycles. The van der Waals surface area contributed by atoms with Gasteiger partial charge >= 0.3 is 0 Å². The highest BCUT2D eigenvalue weighted by Crippen LogP contribution is 2.51. The number of carbonyl (C=O) groups is 2. The number of halogens is 2. The van der Waals surface area contributed by atoms with Crippen LogP contribution < -0.4 is 15.0 Å². The third-order valence-electron chi connectivity index (χ3n) is 7.32. The van der Waals surface area contributed by atoms with Crippen LogP contribution in [-0.4, -0.2) is 16.8 Å². The van der Waals surface area contributed by atoms with E-state index in [4.69, 9.17) is 4.74 Å². The average Bonchev–Trinajstić information content (AvgIpc) is 3.02. The smallest absolute Gasteiger partial charge is 0.230 e. The van der Waals surface area contributed by atoms with E-state index in [1.54, 1.807) is 44.2 Å². The molecule has 0 spiro atoms. The molecule has 3 aromatic carbocycles. The zero-order valence-electron chi connectivity index (χ0n) is 22.9. The molecular formula is C32H32F2N2O4. The SMILES string of the molecule is CC(C)C(=O)N1c2cccc(O)c2NC2=C(C(=O)CC(C)(C)C2)C1c1ccc(OCc2ccc(F)cc2)cc1F. The van der Waals surface area contributed by atoms with Crippen molar-refractivity contribution in [2.24, 2.45) is 11.3 Å². The zero-order chi connectivity index (χ0) is 28.8. The number of phenolic OH excluding ortho intramolecular Hbond substituents is 1. The lowest BCUT2D eigenvalue weighted by molar-refractivity contribution is -0.122. The van der Waals surface area contributed by atoms with Gasteiger partial charge in [-0.25, -0.2) is 8.78 Å². The molecule has 0 aromatic heterocycles. The highest BCUT2D eigenvalue weighted by molar-refractivity contribution is 6.07. The Morgan fingerprint density at radius 3 is 2.50 bits per heavy atom. The Morgan fingerprint density at radius 1 is 1.10 bits per heavy atom. The summed E-state index contributed by atoms with van der Waals surface area (Å²) in [5.74, 6) is -1.81. The summed E-state index contributed by atoms with van der Waals surface area (Å²) < 4.78 is 35.0. The number of nitrogens with zero attached hydrogens (tertiary/aromatic N) is 1. The maximum Gasteiger partial charge on any atom is 0.230 e. The largest absolute Gasteiger partial charge is 0.506 e. The monoisotopic (exact) mass is 546 g/mol. The number of benzene rings is 3. The van der Waals surface area contributed by atoms with E-state index in [0.29, 0.717) is 29.1 Å². The van der Waals surface area contributed by atoms with Gasteiger partial charge in [0.1, 0.15) is 35.4 Å². The second kappa shape index (κ2) is 10.4. The molecule has 3 aromatic rings. The number of ether oxygens (including phenoxy) is 1. The molecule has 208 valence electrons. The molecule has 2 aliphatic rings. The van der Waals surface area contributed by atoms with E-state index in [1.165, 1.54) is 35.2 Å². The minimum Gasteiger partial charge on any atom is -0.506 e. The first-order valence-corrected chi connectivity index (χ1v) is 13.3. The van der Waals surface area contributed by atoms with Crippen molar-refractivity contribution in [1.29, 1.82) is 0 Å². The summed E-state index contributed by atoms with van der Waals surface area (Å²) in [6.45, 7) is 7.55. The van der Waals surface area contributed by atoms with Crippen molar-refractivity contribution in [3.05, 3.63) is 94.7 Å². The molecule has 1 aliphatic carbocycles. The van der Waals surface area contributed by atoms with Crippen LogP contribution in [0, 0.1) is 23.0 Å². The molecule has 1 aliphatic heterocycles.